The zero-order valence-corrected chi connectivity index (χ0v) is 13.1. The van der Waals surface area contributed by atoms with Crippen molar-refractivity contribution in [2.75, 3.05) is 5.32 Å². The fraction of sp³-hybridized carbons (Fsp3) is 0.333. The molecule has 0 radical (unpaired) electrons. The smallest absolute Gasteiger partial charge is 0.123 e. The normalized spacial score (nSPS) is 18.2. The number of aryl methyl sites for hydroxylation is 2. The van der Waals surface area contributed by atoms with Gasteiger partial charge < -0.3 is 5.32 Å². The van der Waals surface area contributed by atoms with Gasteiger partial charge in [-0.1, -0.05) is 0 Å². The zero-order valence-electron chi connectivity index (χ0n) is 10.7. The van der Waals surface area contributed by atoms with Crippen molar-refractivity contribution in [3.8, 4) is 0 Å². The van der Waals surface area contributed by atoms with Crippen molar-refractivity contribution >= 4 is 33.0 Å². The molecular formula is C15H15BrFNS. The molecule has 100 valence electrons. The molecule has 0 aliphatic heterocycles. The molecule has 1 aliphatic rings. The Morgan fingerprint density at radius 3 is 3.00 bits per heavy atom. The third-order valence-electron chi connectivity index (χ3n) is 3.60. The van der Waals surface area contributed by atoms with Gasteiger partial charge in [-0.05, 0) is 77.5 Å². The number of thiophene rings is 1. The van der Waals surface area contributed by atoms with Crippen LogP contribution in [0.5, 0.6) is 0 Å². The van der Waals surface area contributed by atoms with Crippen LogP contribution in [0.25, 0.3) is 0 Å². The molecule has 1 aliphatic carbocycles. The van der Waals surface area contributed by atoms with E-state index < -0.39 is 0 Å². The number of hydrogen-bond acceptors (Lipinski definition) is 2. The Kier molecular flexibility index (Phi) is 3.63. The van der Waals surface area contributed by atoms with Gasteiger partial charge in [0.1, 0.15) is 5.82 Å². The molecule has 19 heavy (non-hydrogen) atoms. The highest BCUT2D eigenvalue weighted by Gasteiger charge is 2.22. The maximum absolute atomic E-state index is 13.1. The first-order chi connectivity index (χ1) is 9.13. The van der Waals surface area contributed by atoms with Crippen molar-refractivity contribution in [1.29, 1.82) is 0 Å². The summed E-state index contributed by atoms with van der Waals surface area (Å²) in [6.45, 7) is 1.94. The van der Waals surface area contributed by atoms with Crippen molar-refractivity contribution in [2.45, 2.75) is 32.2 Å². The number of benzene rings is 1. The number of hydrogen-bond donors (Lipinski definition) is 1. The maximum atomic E-state index is 13.1. The Bertz CT molecular complexity index is 608. The highest BCUT2D eigenvalue weighted by Crippen LogP contribution is 2.39. The largest absolute Gasteiger partial charge is 0.378 e. The van der Waals surface area contributed by atoms with Crippen LogP contribution in [-0.2, 0) is 6.42 Å². The van der Waals surface area contributed by atoms with Gasteiger partial charge in [0.25, 0.3) is 0 Å². The van der Waals surface area contributed by atoms with Crippen LogP contribution in [0.3, 0.4) is 0 Å². The molecule has 1 aromatic carbocycles. The van der Waals surface area contributed by atoms with Crippen molar-refractivity contribution in [3.63, 3.8) is 0 Å². The van der Waals surface area contributed by atoms with Crippen molar-refractivity contribution in [1.82, 2.24) is 0 Å². The maximum Gasteiger partial charge on any atom is 0.123 e. The van der Waals surface area contributed by atoms with Gasteiger partial charge in [0.2, 0.25) is 0 Å². The van der Waals surface area contributed by atoms with Crippen LogP contribution in [0.1, 0.15) is 34.9 Å². The van der Waals surface area contributed by atoms with Gasteiger partial charge in [0.15, 0.2) is 0 Å². The van der Waals surface area contributed by atoms with E-state index in [0.717, 1.165) is 17.7 Å². The van der Waals surface area contributed by atoms with Crippen LogP contribution in [-0.4, -0.2) is 0 Å². The van der Waals surface area contributed by atoms with Crippen LogP contribution in [0.15, 0.2) is 28.1 Å². The fourth-order valence-electron chi connectivity index (χ4n) is 2.65. The third-order valence-corrected chi connectivity index (χ3v) is 5.32. The molecule has 0 amide bonds. The van der Waals surface area contributed by atoms with Crippen LogP contribution in [0.2, 0.25) is 0 Å². The molecule has 1 unspecified atom stereocenters. The molecule has 2 aromatic rings. The summed E-state index contributed by atoms with van der Waals surface area (Å²) in [6, 6.07) is 7.49. The van der Waals surface area contributed by atoms with E-state index in [-0.39, 0.29) is 5.82 Å². The zero-order chi connectivity index (χ0) is 13.4. The summed E-state index contributed by atoms with van der Waals surface area (Å²) in [4.78, 5) is 1.47. The standard InChI is InChI=1S/C15H15BrFNS/c1-9-7-10(17)5-6-12(9)18-13-3-2-4-14-11(13)8-15(16)19-14/h5-8,13,18H,2-4H2,1H3. The average Bonchev–Trinajstić information content (AvgIpc) is 2.74. The molecule has 1 nitrogen and oxygen atoms in total. The van der Waals surface area contributed by atoms with Crippen molar-refractivity contribution < 1.29 is 4.39 Å². The molecule has 3 rings (SSSR count). The lowest BCUT2D eigenvalue weighted by Crippen LogP contribution is -2.16. The summed E-state index contributed by atoms with van der Waals surface area (Å²) >= 11 is 5.40. The molecule has 1 heterocycles. The number of anilines is 1. The minimum Gasteiger partial charge on any atom is -0.378 e. The molecule has 0 saturated heterocycles. The second-order valence-electron chi connectivity index (χ2n) is 4.98. The highest BCUT2D eigenvalue weighted by atomic mass is 79.9. The second kappa shape index (κ2) is 5.25. The van der Waals surface area contributed by atoms with Crippen molar-refractivity contribution in [3.05, 3.63) is 49.9 Å². The molecule has 0 spiro atoms. The Balaban J connectivity index is 1.88. The summed E-state index contributed by atoms with van der Waals surface area (Å²) in [5.41, 5.74) is 3.38. The van der Waals surface area contributed by atoms with E-state index in [1.165, 1.54) is 33.1 Å². The van der Waals surface area contributed by atoms with Gasteiger partial charge in [0.05, 0.1) is 9.83 Å². The van der Waals surface area contributed by atoms with Crippen LogP contribution >= 0.6 is 27.3 Å². The summed E-state index contributed by atoms with van der Waals surface area (Å²) < 4.78 is 14.3. The first kappa shape index (κ1) is 13.1. The lowest BCUT2D eigenvalue weighted by molar-refractivity contribution is 0.606. The number of nitrogens with one attached hydrogen (secondary N) is 1. The predicted molar refractivity (Wildman–Crippen MR) is 82.5 cm³/mol. The van der Waals surface area contributed by atoms with E-state index in [0.29, 0.717) is 6.04 Å². The average molecular weight is 340 g/mol. The minimum absolute atomic E-state index is 0.175. The fourth-order valence-corrected chi connectivity index (χ4v) is 4.47. The second-order valence-corrected chi connectivity index (χ2v) is 7.49. The van der Waals surface area contributed by atoms with E-state index >= 15 is 0 Å². The summed E-state index contributed by atoms with van der Waals surface area (Å²) in [6.07, 6.45) is 3.51. The summed E-state index contributed by atoms with van der Waals surface area (Å²) in [5, 5.41) is 3.57. The number of halogens is 2. The molecule has 0 fully saturated rings. The quantitative estimate of drug-likeness (QED) is 0.767. The van der Waals surface area contributed by atoms with Gasteiger partial charge in [-0.2, -0.15) is 0 Å². The van der Waals surface area contributed by atoms with Crippen LogP contribution < -0.4 is 5.32 Å². The molecule has 1 atom stereocenters. The molecule has 4 heteroatoms. The Morgan fingerprint density at radius 1 is 1.37 bits per heavy atom. The Hall–Kier alpha value is -0.870. The predicted octanol–water partition coefficient (Wildman–Crippen LogP) is 5.45. The van der Waals surface area contributed by atoms with E-state index in [2.05, 4.69) is 27.3 Å². The molecular weight excluding hydrogens is 325 g/mol. The third kappa shape index (κ3) is 2.70. The molecule has 0 saturated carbocycles. The first-order valence-corrected chi connectivity index (χ1v) is 8.05. The van der Waals surface area contributed by atoms with E-state index in [1.807, 2.05) is 24.3 Å². The molecule has 0 bridgehead atoms. The van der Waals surface area contributed by atoms with Gasteiger partial charge in [-0.15, -0.1) is 11.3 Å². The molecule has 1 aromatic heterocycles. The van der Waals surface area contributed by atoms with Gasteiger partial charge in [-0.3, -0.25) is 0 Å². The first-order valence-electron chi connectivity index (χ1n) is 6.44. The van der Waals surface area contributed by atoms with Crippen LogP contribution in [0.4, 0.5) is 10.1 Å². The lowest BCUT2D eigenvalue weighted by Gasteiger charge is -2.25. The van der Waals surface area contributed by atoms with E-state index in [1.54, 1.807) is 6.07 Å². The van der Waals surface area contributed by atoms with E-state index in [9.17, 15) is 4.39 Å². The summed E-state index contributed by atoms with van der Waals surface area (Å²) in [7, 11) is 0. The van der Waals surface area contributed by atoms with E-state index in [4.69, 9.17) is 0 Å². The monoisotopic (exact) mass is 339 g/mol. The van der Waals surface area contributed by atoms with Crippen LogP contribution in [0, 0.1) is 12.7 Å². The Labute approximate surface area is 125 Å². The summed E-state index contributed by atoms with van der Waals surface area (Å²) in [5.74, 6) is -0.175. The lowest BCUT2D eigenvalue weighted by atomic mass is 9.93. The van der Waals surface area contributed by atoms with Gasteiger partial charge in [-0.25, -0.2) is 4.39 Å². The SMILES string of the molecule is Cc1cc(F)ccc1NC1CCCc2sc(Br)cc21. The highest BCUT2D eigenvalue weighted by molar-refractivity contribution is 9.11. The van der Waals surface area contributed by atoms with Crippen molar-refractivity contribution in [2.24, 2.45) is 0 Å². The number of rotatable bonds is 2. The minimum atomic E-state index is -0.175. The van der Waals surface area contributed by atoms with Gasteiger partial charge >= 0.3 is 0 Å². The molecule has 1 N–H and O–H groups in total. The number of fused-ring (bicyclic) bond motifs is 1. The van der Waals surface area contributed by atoms with Gasteiger partial charge in [0, 0.05) is 10.6 Å². The Morgan fingerprint density at radius 2 is 2.21 bits per heavy atom. The topological polar surface area (TPSA) is 12.0 Å².